The summed E-state index contributed by atoms with van der Waals surface area (Å²) in [5, 5.41) is 11.8. The van der Waals surface area contributed by atoms with Crippen molar-refractivity contribution in [1.82, 2.24) is 9.88 Å². The molecule has 1 aromatic heterocycles. The van der Waals surface area contributed by atoms with Gasteiger partial charge in [-0.2, -0.15) is 0 Å². The molecule has 3 rings (SSSR count). The first-order valence-electron chi connectivity index (χ1n) is 8.90. The molecule has 1 aliphatic heterocycles. The molecule has 0 saturated carbocycles. The highest BCUT2D eigenvalue weighted by atomic mass is 16.5. The van der Waals surface area contributed by atoms with E-state index in [1.165, 1.54) is 26.2 Å². The summed E-state index contributed by atoms with van der Waals surface area (Å²) >= 11 is 0. The molecule has 0 unspecified atom stereocenters. The van der Waals surface area contributed by atoms with E-state index >= 15 is 0 Å². The maximum Gasteiger partial charge on any atom is 0.337 e. The van der Waals surface area contributed by atoms with Crippen LogP contribution >= 0.6 is 0 Å². The Kier molecular flexibility index (Phi) is 5.58. The van der Waals surface area contributed by atoms with Gasteiger partial charge in [-0.25, -0.2) is 9.78 Å². The third kappa shape index (κ3) is 3.95. The van der Waals surface area contributed by atoms with E-state index in [-0.39, 0.29) is 22.9 Å². The highest BCUT2D eigenvalue weighted by Gasteiger charge is 2.21. The van der Waals surface area contributed by atoms with Crippen LogP contribution in [-0.2, 0) is 0 Å². The number of amides is 2. The smallest absolute Gasteiger partial charge is 0.337 e. The summed E-state index contributed by atoms with van der Waals surface area (Å²) in [4.78, 5) is 42.1. The third-order valence-corrected chi connectivity index (χ3v) is 4.64. The summed E-state index contributed by atoms with van der Waals surface area (Å²) in [6.45, 7) is 2.98. The van der Waals surface area contributed by atoms with Gasteiger partial charge in [0, 0.05) is 18.7 Å². The average Bonchev–Trinajstić information content (AvgIpc) is 3.21. The molecule has 0 radical (unpaired) electrons. The van der Waals surface area contributed by atoms with Gasteiger partial charge in [0.2, 0.25) is 0 Å². The van der Waals surface area contributed by atoms with Gasteiger partial charge < -0.3 is 20.1 Å². The van der Waals surface area contributed by atoms with Gasteiger partial charge in [0.1, 0.15) is 11.4 Å². The monoisotopic (exact) mass is 383 g/mol. The summed E-state index contributed by atoms with van der Waals surface area (Å²) in [5.74, 6) is -1.31. The lowest BCUT2D eigenvalue weighted by Gasteiger charge is -2.17. The number of likely N-dealkylation sites (tertiary alicyclic amines) is 1. The zero-order valence-electron chi connectivity index (χ0n) is 15.7. The van der Waals surface area contributed by atoms with E-state index in [9.17, 15) is 14.4 Å². The zero-order valence-corrected chi connectivity index (χ0v) is 15.7. The number of hydrogen-bond acceptors (Lipinski definition) is 5. The number of carbonyl (C=O) groups excluding carboxylic acids is 2. The summed E-state index contributed by atoms with van der Waals surface area (Å²) in [7, 11) is 1.47. The van der Waals surface area contributed by atoms with Crippen LogP contribution in [0.3, 0.4) is 0 Å². The Bertz CT molecular complexity index is 935. The number of carboxylic acid groups (broad SMARTS) is 1. The minimum absolute atomic E-state index is 0.0346. The molecule has 28 heavy (non-hydrogen) atoms. The molecule has 2 heterocycles. The third-order valence-electron chi connectivity index (χ3n) is 4.64. The molecule has 0 atom stereocenters. The van der Waals surface area contributed by atoms with Gasteiger partial charge in [-0.05, 0) is 50.1 Å². The number of rotatable bonds is 5. The van der Waals surface area contributed by atoms with Crippen LogP contribution < -0.4 is 10.1 Å². The summed E-state index contributed by atoms with van der Waals surface area (Å²) < 4.78 is 5.28. The van der Waals surface area contributed by atoms with Crippen molar-refractivity contribution in [2.45, 2.75) is 19.8 Å². The SMILES string of the molecule is COc1ccc(C(=O)N2CCCC2)cc1NC(=O)c1ccc(C(=O)O)c(C)n1. The number of aromatic carboxylic acids is 1. The summed E-state index contributed by atoms with van der Waals surface area (Å²) in [6.07, 6.45) is 1.98. The number of nitrogens with one attached hydrogen (secondary N) is 1. The molecule has 0 spiro atoms. The van der Waals surface area contributed by atoms with E-state index in [4.69, 9.17) is 9.84 Å². The normalized spacial score (nSPS) is 13.3. The van der Waals surface area contributed by atoms with Crippen molar-refractivity contribution >= 4 is 23.5 Å². The van der Waals surface area contributed by atoms with Gasteiger partial charge in [0.05, 0.1) is 24.1 Å². The molecule has 1 fully saturated rings. The van der Waals surface area contributed by atoms with E-state index in [1.54, 1.807) is 23.1 Å². The molecule has 8 heteroatoms. The van der Waals surface area contributed by atoms with Gasteiger partial charge in [-0.1, -0.05) is 0 Å². The van der Waals surface area contributed by atoms with Crippen LogP contribution in [0.4, 0.5) is 5.69 Å². The molecule has 2 amide bonds. The Morgan fingerprint density at radius 1 is 1.14 bits per heavy atom. The van der Waals surface area contributed by atoms with Crippen LogP contribution in [0, 0.1) is 6.92 Å². The molecule has 146 valence electrons. The van der Waals surface area contributed by atoms with E-state index in [1.807, 2.05) is 0 Å². The number of nitrogens with zero attached hydrogens (tertiary/aromatic N) is 2. The van der Waals surface area contributed by atoms with E-state index < -0.39 is 11.9 Å². The molecule has 2 N–H and O–H groups in total. The van der Waals surface area contributed by atoms with Crippen LogP contribution in [0.2, 0.25) is 0 Å². The predicted octanol–water partition coefficient (Wildman–Crippen LogP) is 2.59. The van der Waals surface area contributed by atoms with Crippen molar-refractivity contribution in [2.24, 2.45) is 0 Å². The number of ether oxygens (including phenoxy) is 1. The lowest BCUT2D eigenvalue weighted by molar-refractivity contribution is 0.0694. The standard InChI is InChI=1S/C20H21N3O5/c1-12-14(20(26)27)6-7-15(21-12)18(24)22-16-11-13(5-8-17(16)28-2)19(25)23-9-3-4-10-23/h5-8,11H,3-4,9-10H2,1-2H3,(H,22,24)(H,26,27). The summed E-state index contributed by atoms with van der Waals surface area (Å²) in [6, 6.07) is 7.56. The molecule has 0 bridgehead atoms. The van der Waals surface area contributed by atoms with E-state index in [0.717, 1.165) is 25.9 Å². The number of hydrogen-bond donors (Lipinski definition) is 2. The summed E-state index contributed by atoms with van der Waals surface area (Å²) in [5.41, 5.74) is 1.15. The Labute approximate surface area is 162 Å². The quantitative estimate of drug-likeness (QED) is 0.821. The van der Waals surface area contributed by atoms with E-state index in [2.05, 4.69) is 10.3 Å². The number of aromatic nitrogens is 1. The molecule has 2 aromatic rings. The second-order valence-corrected chi connectivity index (χ2v) is 6.50. The molecule has 1 saturated heterocycles. The van der Waals surface area contributed by atoms with Crippen LogP contribution in [0.15, 0.2) is 30.3 Å². The lowest BCUT2D eigenvalue weighted by Crippen LogP contribution is -2.27. The molecule has 1 aliphatic rings. The zero-order chi connectivity index (χ0) is 20.3. The Balaban J connectivity index is 1.85. The van der Waals surface area contributed by atoms with Gasteiger partial charge in [0.15, 0.2) is 0 Å². The van der Waals surface area contributed by atoms with Gasteiger partial charge in [0.25, 0.3) is 11.8 Å². The molecular weight excluding hydrogens is 362 g/mol. The number of benzene rings is 1. The fraction of sp³-hybridized carbons (Fsp3) is 0.300. The number of carboxylic acids is 1. The number of pyridine rings is 1. The maximum atomic E-state index is 12.6. The predicted molar refractivity (Wildman–Crippen MR) is 102 cm³/mol. The first kappa shape index (κ1) is 19.3. The van der Waals surface area contributed by atoms with Crippen molar-refractivity contribution in [3.05, 3.63) is 52.8 Å². The topological polar surface area (TPSA) is 109 Å². The molecule has 8 nitrogen and oxygen atoms in total. The fourth-order valence-corrected chi connectivity index (χ4v) is 3.14. The first-order valence-corrected chi connectivity index (χ1v) is 8.90. The van der Waals surface area contributed by atoms with Crippen LogP contribution in [-0.4, -0.2) is 53.0 Å². The average molecular weight is 383 g/mol. The molecule has 0 aliphatic carbocycles. The second-order valence-electron chi connectivity index (χ2n) is 6.50. The van der Waals surface area contributed by atoms with Crippen molar-refractivity contribution in [1.29, 1.82) is 0 Å². The van der Waals surface area contributed by atoms with Crippen LogP contribution in [0.25, 0.3) is 0 Å². The fourth-order valence-electron chi connectivity index (χ4n) is 3.14. The van der Waals surface area contributed by atoms with Crippen LogP contribution in [0.1, 0.15) is 49.7 Å². The van der Waals surface area contributed by atoms with Gasteiger partial charge in [-0.15, -0.1) is 0 Å². The van der Waals surface area contributed by atoms with E-state index in [0.29, 0.717) is 17.0 Å². The highest BCUT2D eigenvalue weighted by molar-refractivity contribution is 6.05. The highest BCUT2D eigenvalue weighted by Crippen LogP contribution is 2.27. The minimum atomic E-state index is -1.10. The second kappa shape index (κ2) is 8.08. The van der Waals surface area contributed by atoms with Crippen LogP contribution in [0.5, 0.6) is 5.75 Å². The number of aryl methyl sites for hydroxylation is 1. The van der Waals surface area contributed by atoms with Crippen molar-refractivity contribution < 1.29 is 24.2 Å². The Hall–Kier alpha value is -3.42. The van der Waals surface area contributed by atoms with Crippen molar-refractivity contribution in [2.75, 3.05) is 25.5 Å². The van der Waals surface area contributed by atoms with Gasteiger partial charge in [-0.3, -0.25) is 9.59 Å². The largest absolute Gasteiger partial charge is 0.495 e. The molecular formula is C20H21N3O5. The number of methoxy groups -OCH3 is 1. The maximum absolute atomic E-state index is 12.6. The van der Waals surface area contributed by atoms with Crippen molar-refractivity contribution in [3.8, 4) is 5.75 Å². The Morgan fingerprint density at radius 2 is 1.86 bits per heavy atom. The lowest BCUT2D eigenvalue weighted by atomic mass is 10.1. The first-order chi connectivity index (χ1) is 13.4. The van der Waals surface area contributed by atoms with Gasteiger partial charge >= 0.3 is 5.97 Å². The van der Waals surface area contributed by atoms with Crippen molar-refractivity contribution in [3.63, 3.8) is 0 Å². The number of carbonyl (C=O) groups is 3. The Morgan fingerprint density at radius 3 is 2.46 bits per heavy atom. The number of anilines is 1. The molecule has 1 aromatic carbocycles. The minimum Gasteiger partial charge on any atom is -0.495 e.